The number of anilines is 2. The molecule has 0 aliphatic heterocycles. The summed E-state index contributed by atoms with van der Waals surface area (Å²) >= 11 is 11.9. The molecule has 338 valence electrons. The van der Waals surface area contributed by atoms with Crippen LogP contribution in [0.15, 0.2) is 68.5 Å². The molecule has 2 aromatic rings. The molecule has 0 saturated heterocycles. The van der Waals surface area contributed by atoms with Gasteiger partial charge < -0.3 is 94.8 Å². The highest BCUT2D eigenvalue weighted by atomic mass is 35.5. The van der Waals surface area contributed by atoms with Crippen molar-refractivity contribution in [1.29, 1.82) is 0 Å². The summed E-state index contributed by atoms with van der Waals surface area (Å²) in [5, 5.41) is 111. The molecule has 0 heterocycles. The number of aliphatic imine (C=N–C) groups is 4. The summed E-state index contributed by atoms with van der Waals surface area (Å²) in [7, 11) is 0. The third-order valence-electron chi connectivity index (χ3n) is 7.31. The van der Waals surface area contributed by atoms with Crippen molar-refractivity contribution in [2.75, 3.05) is 36.9 Å². The zero-order chi connectivity index (χ0) is 45.9. The fourth-order valence-electron chi connectivity index (χ4n) is 4.05. The quantitative estimate of drug-likeness (QED) is 0.0367. The van der Waals surface area contributed by atoms with E-state index in [1.807, 2.05) is 24.3 Å². The Labute approximate surface area is 353 Å². The smallest absolute Gasteiger partial charge is 0.335 e. The number of benzene rings is 2. The third kappa shape index (κ3) is 23.6. The van der Waals surface area contributed by atoms with Crippen LogP contribution in [0, 0.1) is 0 Å². The Morgan fingerprint density at radius 1 is 0.550 bits per heavy atom. The zero-order valence-electron chi connectivity index (χ0n) is 31.9. The normalized spacial score (nSPS) is 15.4. The van der Waals surface area contributed by atoms with Gasteiger partial charge in [-0.15, -0.1) is 0 Å². The van der Waals surface area contributed by atoms with Gasteiger partial charge >= 0.3 is 11.9 Å². The number of aliphatic hydroxyl groups is 10. The first-order chi connectivity index (χ1) is 28.1. The van der Waals surface area contributed by atoms with Crippen LogP contribution in [-0.4, -0.2) is 172 Å². The number of rotatable bonds is 19. The van der Waals surface area contributed by atoms with Crippen LogP contribution in [0.2, 0.25) is 10.0 Å². The topological polar surface area (TPSA) is 454 Å². The highest BCUT2D eigenvalue weighted by Crippen LogP contribution is 2.16. The molecule has 22 N–H and O–H groups in total. The molecule has 60 heavy (non-hydrogen) atoms. The number of aliphatic hydroxyl groups excluding tert-OH is 10. The average molecular weight is 898 g/mol. The van der Waals surface area contributed by atoms with Crippen LogP contribution in [0.1, 0.15) is 25.7 Å². The van der Waals surface area contributed by atoms with Gasteiger partial charge in [0.1, 0.15) is 36.6 Å². The number of hydrogen-bond donors (Lipinski definition) is 18. The maximum Gasteiger partial charge on any atom is 0.335 e. The molecule has 0 bridgehead atoms. The van der Waals surface area contributed by atoms with Gasteiger partial charge in [-0.3, -0.25) is 9.98 Å². The van der Waals surface area contributed by atoms with Crippen LogP contribution >= 0.6 is 23.2 Å². The Hall–Kier alpha value is -4.96. The molecule has 0 aliphatic carbocycles. The first kappa shape index (κ1) is 55.0. The van der Waals surface area contributed by atoms with Gasteiger partial charge in [0.25, 0.3) is 0 Å². The number of nitrogens with zero attached hydrogens (tertiary/aromatic N) is 4. The fourth-order valence-corrected chi connectivity index (χ4v) is 4.30. The summed E-state index contributed by atoms with van der Waals surface area (Å²) in [6.45, 7) is -0.562. The van der Waals surface area contributed by atoms with Gasteiger partial charge in [-0.25, -0.2) is 9.59 Å². The average Bonchev–Trinajstić information content (AvgIpc) is 3.21. The van der Waals surface area contributed by atoms with E-state index in [0.717, 1.165) is 37.1 Å². The maximum atomic E-state index is 10.1. The zero-order valence-corrected chi connectivity index (χ0v) is 33.4. The summed E-state index contributed by atoms with van der Waals surface area (Å²) in [6.07, 6.45) is -12.0. The molecule has 0 spiro atoms. The van der Waals surface area contributed by atoms with Crippen LogP contribution in [-0.2, 0) is 9.59 Å². The first-order valence-corrected chi connectivity index (χ1v) is 18.4. The van der Waals surface area contributed by atoms with E-state index in [-0.39, 0.29) is 17.9 Å². The second kappa shape index (κ2) is 30.1. The second-order valence-corrected chi connectivity index (χ2v) is 13.1. The van der Waals surface area contributed by atoms with Gasteiger partial charge in [0.05, 0.1) is 13.2 Å². The molecular formula is C34H54Cl2N10O14. The number of carbonyl (C=O) groups is 2. The number of guanidine groups is 4. The maximum absolute atomic E-state index is 10.1. The van der Waals surface area contributed by atoms with Crippen LogP contribution in [0.5, 0.6) is 0 Å². The van der Waals surface area contributed by atoms with Gasteiger partial charge in [-0.05, 0) is 61.4 Å². The van der Waals surface area contributed by atoms with Crippen LogP contribution in [0.4, 0.5) is 11.4 Å². The van der Waals surface area contributed by atoms with Crippen molar-refractivity contribution in [3.05, 3.63) is 58.6 Å². The van der Waals surface area contributed by atoms with Gasteiger partial charge in [-0.1, -0.05) is 36.0 Å². The lowest BCUT2D eigenvalue weighted by molar-refractivity contribution is -0.164. The van der Waals surface area contributed by atoms with E-state index < -0.39 is 74.0 Å². The van der Waals surface area contributed by atoms with E-state index in [1.54, 1.807) is 24.3 Å². The molecule has 0 saturated carbocycles. The Morgan fingerprint density at radius 3 is 1.18 bits per heavy atom. The number of carboxylic acid groups (broad SMARTS) is 2. The van der Waals surface area contributed by atoms with E-state index in [1.165, 1.54) is 0 Å². The van der Waals surface area contributed by atoms with Crippen molar-refractivity contribution in [3.8, 4) is 0 Å². The van der Waals surface area contributed by atoms with E-state index in [0.29, 0.717) is 29.1 Å². The summed E-state index contributed by atoms with van der Waals surface area (Å²) in [5.74, 6) is -2.89. The van der Waals surface area contributed by atoms with E-state index >= 15 is 0 Å². The van der Waals surface area contributed by atoms with Crippen LogP contribution < -0.4 is 33.6 Å². The lowest BCUT2D eigenvalue weighted by Crippen LogP contribution is -2.48. The molecule has 2 aromatic carbocycles. The van der Waals surface area contributed by atoms with Gasteiger partial charge in [0.2, 0.25) is 17.9 Å². The fraction of sp³-hybridized carbons (Fsp3) is 0.471. The van der Waals surface area contributed by atoms with E-state index in [4.69, 9.17) is 107 Å². The van der Waals surface area contributed by atoms with Gasteiger partial charge in [0, 0.05) is 34.5 Å². The molecular weight excluding hydrogens is 843 g/mol. The monoisotopic (exact) mass is 896 g/mol. The molecule has 2 rings (SSSR count). The van der Waals surface area contributed by atoms with Crippen LogP contribution in [0.3, 0.4) is 0 Å². The van der Waals surface area contributed by atoms with Gasteiger partial charge in [0.15, 0.2) is 18.2 Å². The second-order valence-electron chi connectivity index (χ2n) is 12.2. The van der Waals surface area contributed by atoms with Crippen molar-refractivity contribution in [2.45, 2.75) is 74.5 Å². The van der Waals surface area contributed by atoms with Crippen molar-refractivity contribution >= 4 is 70.4 Å². The third-order valence-corrected chi connectivity index (χ3v) is 7.82. The lowest BCUT2D eigenvalue weighted by atomic mass is 10.0. The number of nitrogens with two attached hydrogens (primary N) is 4. The molecule has 0 unspecified atom stereocenters. The Bertz CT molecular complexity index is 1590. The number of carboxylic acids is 2. The molecule has 0 aromatic heterocycles. The Morgan fingerprint density at radius 2 is 0.883 bits per heavy atom. The minimum Gasteiger partial charge on any atom is -0.479 e. The molecule has 24 nitrogen and oxygen atoms in total. The number of halogens is 2. The molecule has 26 heteroatoms. The number of aliphatic carboxylic acids is 2. The molecule has 0 amide bonds. The van der Waals surface area contributed by atoms with Crippen molar-refractivity contribution in [2.24, 2.45) is 42.9 Å². The van der Waals surface area contributed by atoms with Crippen LogP contribution in [0.25, 0.3) is 0 Å². The lowest BCUT2D eigenvalue weighted by Gasteiger charge is -2.23. The number of nitrogens with one attached hydrogen (secondary N) is 2. The molecule has 0 radical (unpaired) electrons. The van der Waals surface area contributed by atoms with Crippen molar-refractivity contribution < 1.29 is 70.9 Å². The summed E-state index contributed by atoms with van der Waals surface area (Å²) in [5.41, 5.74) is 23.7. The predicted molar refractivity (Wildman–Crippen MR) is 222 cm³/mol. The van der Waals surface area contributed by atoms with E-state index in [9.17, 15) is 9.59 Å². The largest absolute Gasteiger partial charge is 0.479 e. The van der Waals surface area contributed by atoms with Gasteiger partial charge in [-0.2, -0.15) is 9.98 Å². The first-order valence-electron chi connectivity index (χ1n) is 17.6. The van der Waals surface area contributed by atoms with Crippen molar-refractivity contribution in [1.82, 2.24) is 0 Å². The Kier molecular flexibility index (Phi) is 27.6. The summed E-state index contributed by atoms with van der Waals surface area (Å²) < 4.78 is 0. The number of hydrogen-bond acceptors (Lipinski definition) is 14. The summed E-state index contributed by atoms with van der Waals surface area (Å²) in [4.78, 5) is 36.7. The number of unbranched alkanes of at least 4 members (excludes halogenated alkanes) is 3. The SMILES string of the molecule is NC(N)=NC(N)=NCCCCCCN=C(N)N=C(Nc1ccc(Cl)cc1)Nc1ccc(Cl)cc1.O=C(O)[C@H](O)[C@@H](O)[C@H](O)[C@H](O)CO.O=C(O)[C@H](O)[C@@H](O)[C@H](O)[C@H](O)CO. The summed E-state index contributed by atoms with van der Waals surface area (Å²) in [6, 6.07) is 14.5. The molecule has 8 atom stereocenters. The molecule has 0 fully saturated rings. The highest BCUT2D eigenvalue weighted by Gasteiger charge is 2.34. The predicted octanol–water partition coefficient (Wildman–Crippen LogP) is -3.65. The minimum atomic E-state index is -2.20. The Balaban J connectivity index is 0.00000110. The standard InChI is InChI=1S/C22H30Cl2N10.2C6H12O7/c23-15-5-9-17(10-6-15)31-22(32-18-11-7-16(24)8-12-18)34-21(28)30-14-4-2-1-3-13-29-20(27)33-19(25)26;2*7-1-2(8)3(9)4(10)5(11)6(12)13/h5-12H,1-4,13-14H2,(H6,25,26,27,29,33)(H4,28,30,31,32,34);2*2-5,7-11H,1H2,(H,12,13)/t;2*2-,3-,4+,5-/m.11/s1. The minimum absolute atomic E-state index is 0.0884. The van der Waals surface area contributed by atoms with E-state index in [2.05, 4.69) is 30.6 Å². The van der Waals surface area contributed by atoms with Crippen molar-refractivity contribution in [3.63, 3.8) is 0 Å². The highest BCUT2D eigenvalue weighted by molar-refractivity contribution is 6.31. The molecule has 0 aliphatic rings.